The van der Waals surface area contributed by atoms with Crippen molar-refractivity contribution >= 4 is 11.9 Å². The average Bonchev–Trinajstić information content (AvgIpc) is 3.07. The molecule has 8 heteroatoms. The summed E-state index contributed by atoms with van der Waals surface area (Å²) in [7, 11) is 0. The molecule has 1 aliphatic heterocycles. The molecule has 0 spiro atoms. The van der Waals surface area contributed by atoms with Gasteiger partial charge < -0.3 is 15.1 Å². The van der Waals surface area contributed by atoms with Crippen LogP contribution in [0, 0.1) is 5.41 Å². The molecule has 1 aromatic heterocycles. The van der Waals surface area contributed by atoms with E-state index in [9.17, 15) is 19.8 Å². The first-order valence-corrected chi connectivity index (χ1v) is 8.31. The van der Waals surface area contributed by atoms with Crippen molar-refractivity contribution in [3.8, 4) is 0 Å². The summed E-state index contributed by atoms with van der Waals surface area (Å²) in [6.45, 7) is 5.77. The van der Waals surface area contributed by atoms with Gasteiger partial charge in [0.1, 0.15) is 12.1 Å². The normalized spacial score (nSPS) is 25.8. The number of aromatic nitrogens is 3. The highest BCUT2D eigenvalue weighted by molar-refractivity contribution is 5.87. The maximum absolute atomic E-state index is 13.1. The molecule has 2 N–H and O–H groups in total. The van der Waals surface area contributed by atoms with E-state index in [4.69, 9.17) is 0 Å². The van der Waals surface area contributed by atoms with Gasteiger partial charge in [-0.05, 0) is 18.3 Å². The molecule has 2 heterocycles. The Hall–Kier alpha value is -1.96. The number of aliphatic carboxylic acids is 1. The van der Waals surface area contributed by atoms with Gasteiger partial charge in [-0.15, -0.1) is 5.10 Å². The van der Waals surface area contributed by atoms with E-state index in [-0.39, 0.29) is 18.9 Å². The van der Waals surface area contributed by atoms with Crippen LogP contribution in [0.2, 0.25) is 0 Å². The Labute approximate surface area is 140 Å². The highest BCUT2D eigenvalue weighted by Gasteiger charge is 2.45. The van der Waals surface area contributed by atoms with E-state index in [1.54, 1.807) is 10.9 Å². The Balaban J connectivity index is 1.90. The van der Waals surface area contributed by atoms with Crippen molar-refractivity contribution in [1.82, 2.24) is 19.9 Å². The number of aliphatic hydroxyl groups excluding tert-OH is 1. The van der Waals surface area contributed by atoms with Crippen molar-refractivity contribution in [1.29, 1.82) is 0 Å². The number of likely N-dealkylation sites (tertiary alicyclic amines) is 1. The van der Waals surface area contributed by atoms with E-state index in [1.807, 2.05) is 20.8 Å². The fourth-order valence-corrected chi connectivity index (χ4v) is 3.31. The van der Waals surface area contributed by atoms with Gasteiger partial charge in [-0.1, -0.05) is 26.0 Å². The number of amides is 1. The number of rotatable bonds is 4. The topological polar surface area (TPSA) is 109 Å². The van der Waals surface area contributed by atoms with Crippen molar-refractivity contribution in [2.45, 2.75) is 64.1 Å². The Kier molecular flexibility index (Phi) is 4.11. The minimum absolute atomic E-state index is 0.0343. The van der Waals surface area contributed by atoms with Crippen molar-refractivity contribution in [2.24, 2.45) is 5.41 Å². The molecule has 1 saturated carbocycles. The highest BCUT2D eigenvalue weighted by atomic mass is 16.4. The Morgan fingerprint density at radius 3 is 2.54 bits per heavy atom. The number of hydrogen-bond donors (Lipinski definition) is 2. The summed E-state index contributed by atoms with van der Waals surface area (Å²) in [4.78, 5) is 25.8. The molecule has 0 bridgehead atoms. The summed E-state index contributed by atoms with van der Waals surface area (Å²) >= 11 is 0. The zero-order valence-electron chi connectivity index (χ0n) is 14.2. The fraction of sp³-hybridized carbons (Fsp3) is 0.750. The second-order valence-corrected chi connectivity index (χ2v) is 7.90. The quantitative estimate of drug-likeness (QED) is 0.841. The molecule has 8 nitrogen and oxygen atoms in total. The lowest BCUT2D eigenvalue weighted by molar-refractivity contribution is -0.151. The molecule has 0 aromatic carbocycles. The first-order valence-electron chi connectivity index (χ1n) is 8.31. The SMILES string of the molecule is CC(C)(C)C(C(=O)N1CC(O)CC1C(=O)O)n1cc(C2CC2)nn1. The molecule has 1 amide bonds. The number of carbonyl (C=O) groups excluding carboxylic acids is 1. The van der Waals surface area contributed by atoms with Crippen LogP contribution in [-0.2, 0) is 9.59 Å². The van der Waals surface area contributed by atoms with E-state index in [1.165, 1.54) is 4.90 Å². The number of hydrogen-bond acceptors (Lipinski definition) is 5. The van der Waals surface area contributed by atoms with E-state index < -0.39 is 29.6 Å². The average molecular weight is 336 g/mol. The lowest BCUT2D eigenvalue weighted by Crippen LogP contribution is -2.47. The van der Waals surface area contributed by atoms with Crippen molar-refractivity contribution in [3.63, 3.8) is 0 Å². The van der Waals surface area contributed by atoms with Crippen LogP contribution in [0.15, 0.2) is 6.20 Å². The maximum atomic E-state index is 13.1. The number of carboxylic acids is 1. The van der Waals surface area contributed by atoms with Gasteiger partial charge in [-0.3, -0.25) is 4.79 Å². The van der Waals surface area contributed by atoms with Gasteiger partial charge >= 0.3 is 5.97 Å². The molecule has 3 unspecified atom stereocenters. The van der Waals surface area contributed by atoms with Gasteiger partial charge in [0.05, 0.1) is 11.8 Å². The zero-order valence-corrected chi connectivity index (χ0v) is 14.2. The van der Waals surface area contributed by atoms with Crippen LogP contribution in [-0.4, -0.2) is 60.7 Å². The molecule has 1 saturated heterocycles. The van der Waals surface area contributed by atoms with Gasteiger partial charge in [0.2, 0.25) is 5.91 Å². The first-order chi connectivity index (χ1) is 11.2. The molecular weight excluding hydrogens is 312 g/mol. The first kappa shape index (κ1) is 16.9. The minimum atomic E-state index is -1.09. The fourth-order valence-electron chi connectivity index (χ4n) is 3.31. The predicted molar refractivity (Wildman–Crippen MR) is 84.2 cm³/mol. The lowest BCUT2D eigenvalue weighted by atomic mass is 9.85. The van der Waals surface area contributed by atoms with Crippen molar-refractivity contribution in [2.75, 3.05) is 6.54 Å². The number of aliphatic hydroxyl groups is 1. The summed E-state index contributed by atoms with van der Waals surface area (Å²) in [6.07, 6.45) is 3.22. The van der Waals surface area contributed by atoms with E-state index >= 15 is 0 Å². The second kappa shape index (κ2) is 5.84. The predicted octanol–water partition coefficient (Wildman–Crippen LogP) is 0.789. The van der Waals surface area contributed by atoms with Gasteiger partial charge in [0, 0.05) is 25.1 Å². The maximum Gasteiger partial charge on any atom is 0.326 e. The zero-order chi connectivity index (χ0) is 17.6. The van der Waals surface area contributed by atoms with Crippen LogP contribution in [0.5, 0.6) is 0 Å². The second-order valence-electron chi connectivity index (χ2n) is 7.90. The Bertz CT molecular complexity index is 647. The van der Waals surface area contributed by atoms with Crippen molar-refractivity contribution in [3.05, 3.63) is 11.9 Å². The number of carbonyl (C=O) groups is 2. The molecule has 2 aliphatic rings. The van der Waals surface area contributed by atoms with Gasteiger partial charge in [-0.25, -0.2) is 9.48 Å². The summed E-state index contributed by atoms with van der Waals surface area (Å²) in [5.41, 5.74) is 0.413. The molecule has 0 radical (unpaired) electrons. The van der Waals surface area contributed by atoms with Crippen LogP contribution in [0.1, 0.15) is 57.7 Å². The van der Waals surface area contributed by atoms with Crippen LogP contribution in [0.25, 0.3) is 0 Å². The standard InChI is InChI=1S/C16H24N4O4/c1-16(2,3)13(20-8-11(17-18-20)9-4-5-9)14(22)19-7-10(21)6-12(19)15(23)24/h8-10,12-13,21H,4-7H2,1-3H3,(H,23,24). The van der Waals surface area contributed by atoms with Gasteiger partial charge in [0.15, 0.2) is 0 Å². The third kappa shape index (κ3) is 3.15. The number of nitrogens with zero attached hydrogens (tertiary/aromatic N) is 4. The smallest absolute Gasteiger partial charge is 0.326 e. The van der Waals surface area contributed by atoms with E-state index in [0.717, 1.165) is 18.5 Å². The van der Waals surface area contributed by atoms with Gasteiger partial charge in [-0.2, -0.15) is 0 Å². The molecule has 1 aliphatic carbocycles. The summed E-state index contributed by atoms with van der Waals surface area (Å²) in [5.74, 6) is -1.00. The third-order valence-electron chi connectivity index (χ3n) is 4.69. The largest absolute Gasteiger partial charge is 0.480 e. The lowest BCUT2D eigenvalue weighted by Gasteiger charge is -2.34. The summed E-state index contributed by atoms with van der Waals surface area (Å²) in [6, 6.07) is -1.66. The Morgan fingerprint density at radius 2 is 2.00 bits per heavy atom. The monoisotopic (exact) mass is 336 g/mol. The number of carboxylic acid groups (broad SMARTS) is 1. The highest BCUT2D eigenvalue weighted by Crippen LogP contribution is 2.40. The Morgan fingerprint density at radius 1 is 1.33 bits per heavy atom. The molecule has 2 fully saturated rings. The van der Waals surface area contributed by atoms with Crippen molar-refractivity contribution < 1.29 is 19.8 Å². The molecule has 3 rings (SSSR count). The van der Waals surface area contributed by atoms with Crippen LogP contribution in [0.4, 0.5) is 0 Å². The molecule has 3 atom stereocenters. The third-order valence-corrected chi connectivity index (χ3v) is 4.69. The van der Waals surface area contributed by atoms with E-state index in [0.29, 0.717) is 5.92 Å². The van der Waals surface area contributed by atoms with Crippen LogP contribution < -0.4 is 0 Å². The van der Waals surface area contributed by atoms with E-state index in [2.05, 4.69) is 10.3 Å². The summed E-state index contributed by atoms with van der Waals surface area (Å²) < 4.78 is 1.56. The summed E-state index contributed by atoms with van der Waals surface area (Å²) in [5, 5.41) is 27.5. The molecule has 1 aromatic rings. The molecule has 132 valence electrons. The number of β-amino-alcohol motifs (C(OH)–C–C–N with tert-alkyl or cyclic N) is 1. The molecule has 24 heavy (non-hydrogen) atoms. The van der Waals surface area contributed by atoms with Gasteiger partial charge in [0.25, 0.3) is 0 Å². The minimum Gasteiger partial charge on any atom is -0.480 e. The van der Waals surface area contributed by atoms with Crippen LogP contribution >= 0.6 is 0 Å². The molecular formula is C16H24N4O4. The van der Waals surface area contributed by atoms with Crippen LogP contribution in [0.3, 0.4) is 0 Å².